The van der Waals surface area contributed by atoms with Gasteiger partial charge in [0.1, 0.15) is 12.1 Å². The minimum atomic E-state index is -0.204. The van der Waals surface area contributed by atoms with E-state index in [4.69, 9.17) is 0 Å². The van der Waals surface area contributed by atoms with Crippen LogP contribution in [-0.4, -0.2) is 68.1 Å². The number of hydrogen-bond donors (Lipinski definition) is 1. The Morgan fingerprint density at radius 3 is 2.62 bits per heavy atom. The van der Waals surface area contributed by atoms with Crippen LogP contribution >= 0.6 is 0 Å². The zero-order valence-corrected chi connectivity index (χ0v) is 14.7. The molecule has 0 aromatic carbocycles. The highest BCUT2D eigenvalue weighted by molar-refractivity contribution is 5.82. The summed E-state index contributed by atoms with van der Waals surface area (Å²) in [7, 11) is 0. The molecule has 0 aliphatic carbocycles. The first-order valence-electron chi connectivity index (χ1n) is 8.31. The van der Waals surface area contributed by atoms with E-state index in [0.717, 1.165) is 32.0 Å². The molecule has 0 spiro atoms. The second-order valence-corrected chi connectivity index (χ2v) is 7.24. The van der Waals surface area contributed by atoms with Crippen LogP contribution in [-0.2, 0) is 4.79 Å². The fraction of sp³-hybridized carbons (Fsp3) is 0.625. The largest absolute Gasteiger partial charge is 0.355 e. The maximum absolute atomic E-state index is 12.4. The van der Waals surface area contributed by atoms with Gasteiger partial charge in [-0.1, -0.05) is 0 Å². The van der Waals surface area contributed by atoms with Crippen molar-refractivity contribution in [2.45, 2.75) is 39.3 Å². The van der Waals surface area contributed by atoms with Gasteiger partial charge in [-0.25, -0.2) is 4.98 Å². The first-order chi connectivity index (χ1) is 11.3. The predicted octanol–water partition coefficient (Wildman–Crippen LogP) is 0.550. The molecule has 24 heavy (non-hydrogen) atoms. The van der Waals surface area contributed by atoms with Crippen LogP contribution in [0, 0.1) is 0 Å². The summed E-state index contributed by atoms with van der Waals surface area (Å²) in [6.45, 7) is 11.4. The van der Waals surface area contributed by atoms with E-state index < -0.39 is 0 Å². The Morgan fingerprint density at radius 2 is 1.96 bits per heavy atom. The normalized spacial score (nSPS) is 17.9. The summed E-state index contributed by atoms with van der Waals surface area (Å²) in [6.07, 6.45) is 3.44. The third kappa shape index (κ3) is 3.48. The lowest BCUT2D eigenvalue weighted by atomic mass is 10.1. The van der Waals surface area contributed by atoms with E-state index in [0.29, 0.717) is 5.78 Å². The number of nitrogens with one attached hydrogen (secondary N) is 1. The summed E-state index contributed by atoms with van der Waals surface area (Å²) in [5.41, 5.74) is -0.204. The molecule has 1 fully saturated rings. The number of carbonyl (C=O) groups excluding carboxylic acids is 1. The van der Waals surface area contributed by atoms with E-state index in [-0.39, 0.29) is 17.5 Å². The van der Waals surface area contributed by atoms with Crippen LogP contribution in [0.2, 0.25) is 0 Å². The average molecular weight is 331 g/mol. The van der Waals surface area contributed by atoms with Crippen molar-refractivity contribution in [3.05, 3.63) is 18.6 Å². The molecule has 0 bridgehead atoms. The number of nitrogens with zero attached hydrogens (tertiary/aromatic N) is 6. The lowest BCUT2D eigenvalue weighted by molar-refractivity contribution is -0.127. The van der Waals surface area contributed by atoms with E-state index in [9.17, 15) is 4.79 Å². The van der Waals surface area contributed by atoms with Crippen molar-refractivity contribution in [3.8, 4) is 0 Å². The Bertz CT molecular complexity index is 713. The molecule has 1 N–H and O–H groups in total. The molecule has 2 aromatic rings. The van der Waals surface area contributed by atoms with Crippen LogP contribution in [0.15, 0.2) is 18.6 Å². The standard InChI is InChI=1S/C16H25N7O/c1-12(14(24)19-16(2,3)4)21-7-9-22(10-8-21)13-5-6-17-15-20-18-11-23(13)15/h5-6,11-12H,7-10H2,1-4H3,(H,19,24)/t12-/m1/s1. The van der Waals surface area contributed by atoms with Gasteiger partial charge in [0.15, 0.2) is 0 Å². The molecule has 1 atom stereocenters. The van der Waals surface area contributed by atoms with Gasteiger partial charge in [-0.15, -0.1) is 10.2 Å². The predicted molar refractivity (Wildman–Crippen MR) is 91.9 cm³/mol. The fourth-order valence-corrected chi connectivity index (χ4v) is 2.97. The van der Waals surface area contributed by atoms with Crippen molar-refractivity contribution in [1.29, 1.82) is 0 Å². The smallest absolute Gasteiger partial charge is 0.256 e. The minimum absolute atomic E-state index is 0.0843. The minimum Gasteiger partial charge on any atom is -0.355 e. The van der Waals surface area contributed by atoms with E-state index in [1.807, 2.05) is 38.2 Å². The molecule has 1 aliphatic rings. The van der Waals surface area contributed by atoms with E-state index >= 15 is 0 Å². The van der Waals surface area contributed by atoms with Gasteiger partial charge in [0.2, 0.25) is 5.91 Å². The molecule has 2 aromatic heterocycles. The van der Waals surface area contributed by atoms with Crippen molar-refractivity contribution in [2.24, 2.45) is 0 Å². The molecular weight excluding hydrogens is 306 g/mol. The molecule has 3 rings (SSSR count). The van der Waals surface area contributed by atoms with Gasteiger partial charge in [0.05, 0.1) is 6.04 Å². The number of amides is 1. The third-order valence-electron chi connectivity index (χ3n) is 4.25. The van der Waals surface area contributed by atoms with Gasteiger partial charge in [0, 0.05) is 37.9 Å². The number of fused-ring (bicyclic) bond motifs is 1. The number of aromatic nitrogens is 4. The van der Waals surface area contributed by atoms with Crippen LogP contribution < -0.4 is 10.2 Å². The van der Waals surface area contributed by atoms with Crippen LogP contribution in [0.4, 0.5) is 5.82 Å². The second-order valence-electron chi connectivity index (χ2n) is 7.24. The Labute approximate surface area is 141 Å². The van der Waals surface area contributed by atoms with Crippen LogP contribution in [0.5, 0.6) is 0 Å². The van der Waals surface area contributed by atoms with Gasteiger partial charge < -0.3 is 10.2 Å². The van der Waals surface area contributed by atoms with Gasteiger partial charge in [-0.3, -0.25) is 14.1 Å². The first kappa shape index (κ1) is 16.6. The van der Waals surface area contributed by atoms with Crippen molar-refractivity contribution < 1.29 is 4.79 Å². The Kier molecular flexibility index (Phi) is 4.40. The highest BCUT2D eigenvalue weighted by atomic mass is 16.2. The summed E-state index contributed by atoms with van der Waals surface area (Å²) in [4.78, 5) is 21.1. The maximum atomic E-state index is 12.4. The molecule has 1 saturated heterocycles. The van der Waals surface area contributed by atoms with Crippen molar-refractivity contribution in [3.63, 3.8) is 0 Å². The molecule has 8 heteroatoms. The Hall–Kier alpha value is -2.22. The van der Waals surface area contributed by atoms with Crippen molar-refractivity contribution in [2.75, 3.05) is 31.1 Å². The van der Waals surface area contributed by atoms with Crippen LogP contribution in [0.25, 0.3) is 5.78 Å². The number of carbonyl (C=O) groups is 1. The third-order valence-corrected chi connectivity index (χ3v) is 4.25. The summed E-state index contributed by atoms with van der Waals surface area (Å²) < 4.78 is 1.89. The summed E-state index contributed by atoms with van der Waals surface area (Å²) in [6, 6.07) is 1.85. The molecular formula is C16H25N7O. The van der Waals surface area contributed by atoms with Gasteiger partial charge in [0.25, 0.3) is 5.78 Å². The van der Waals surface area contributed by atoms with Crippen LogP contribution in [0.3, 0.4) is 0 Å². The molecule has 0 saturated carbocycles. The quantitative estimate of drug-likeness (QED) is 0.885. The summed E-state index contributed by atoms with van der Waals surface area (Å²) in [5.74, 6) is 1.73. The SMILES string of the molecule is C[C@H](C(=O)NC(C)(C)C)N1CCN(c2ccnc3nncn23)CC1. The molecule has 3 heterocycles. The lowest BCUT2D eigenvalue weighted by Gasteiger charge is -2.39. The van der Waals surface area contributed by atoms with E-state index in [1.165, 1.54) is 0 Å². The molecule has 1 aliphatic heterocycles. The molecule has 0 radical (unpaired) electrons. The zero-order chi connectivity index (χ0) is 17.3. The van der Waals surface area contributed by atoms with Gasteiger partial charge in [-0.2, -0.15) is 0 Å². The summed E-state index contributed by atoms with van der Waals surface area (Å²) >= 11 is 0. The Morgan fingerprint density at radius 1 is 1.25 bits per heavy atom. The van der Waals surface area contributed by atoms with Gasteiger partial charge >= 0.3 is 0 Å². The molecule has 8 nitrogen and oxygen atoms in total. The maximum Gasteiger partial charge on any atom is 0.256 e. The fourth-order valence-electron chi connectivity index (χ4n) is 2.97. The van der Waals surface area contributed by atoms with Gasteiger partial charge in [-0.05, 0) is 33.8 Å². The number of piperazine rings is 1. The number of rotatable bonds is 3. The van der Waals surface area contributed by atoms with Crippen LogP contribution in [0.1, 0.15) is 27.7 Å². The topological polar surface area (TPSA) is 78.7 Å². The number of anilines is 1. The first-order valence-corrected chi connectivity index (χ1v) is 8.31. The highest BCUT2D eigenvalue weighted by Crippen LogP contribution is 2.17. The monoisotopic (exact) mass is 331 g/mol. The van der Waals surface area contributed by atoms with Crippen molar-refractivity contribution in [1.82, 2.24) is 29.8 Å². The van der Waals surface area contributed by atoms with E-state index in [1.54, 1.807) is 12.5 Å². The summed E-state index contributed by atoms with van der Waals surface area (Å²) in [5, 5.41) is 11.0. The zero-order valence-electron chi connectivity index (χ0n) is 14.7. The second kappa shape index (κ2) is 6.35. The number of hydrogen-bond acceptors (Lipinski definition) is 6. The van der Waals surface area contributed by atoms with E-state index in [2.05, 4.69) is 30.3 Å². The molecule has 0 unspecified atom stereocenters. The highest BCUT2D eigenvalue weighted by Gasteiger charge is 2.28. The Balaban J connectivity index is 1.63. The lowest BCUT2D eigenvalue weighted by Crippen LogP contribution is -2.56. The molecule has 1 amide bonds. The van der Waals surface area contributed by atoms with Crippen molar-refractivity contribution >= 4 is 17.5 Å². The average Bonchev–Trinajstić information content (AvgIpc) is 3.01. The molecule has 130 valence electrons.